The largest absolute Gasteiger partial charge is 0.417 e. The van der Waals surface area contributed by atoms with Crippen molar-refractivity contribution in [3.63, 3.8) is 0 Å². The van der Waals surface area contributed by atoms with Crippen molar-refractivity contribution in [2.75, 3.05) is 23.3 Å². The molecular formula is C19H21F3N4O2. The summed E-state index contributed by atoms with van der Waals surface area (Å²) in [5, 5.41) is 2.71. The van der Waals surface area contributed by atoms with Gasteiger partial charge in [-0.3, -0.25) is 9.59 Å². The molecule has 2 aromatic rings. The van der Waals surface area contributed by atoms with Gasteiger partial charge < -0.3 is 14.8 Å². The van der Waals surface area contributed by atoms with Gasteiger partial charge in [0.1, 0.15) is 11.5 Å². The Balaban J connectivity index is 1.61. The molecule has 3 heterocycles. The van der Waals surface area contributed by atoms with Gasteiger partial charge >= 0.3 is 6.18 Å². The fourth-order valence-corrected chi connectivity index (χ4v) is 3.32. The van der Waals surface area contributed by atoms with E-state index in [1.54, 1.807) is 19.3 Å². The molecule has 1 aliphatic rings. The van der Waals surface area contributed by atoms with E-state index < -0.39 is 11.7 Å². The molecule has 0 aliphatic carbocycles. The van der Waals surface area contributed by atoms with Crippen molar-refractivity contribution >= 4 is 17.4 Å². The summed E-state index contributed by atoms with van der Waals surface area (Å²) in [6, 6.07) is 4.00. The van der Waals surface area contributed by atoms with Gasteiger partial charge in [-0.05, 0) is 43.5 Å². The van der Waals surface area contributed by atoms with Crippen molar-refractivity contribution in [2.24, 2.45) is 13.0 Å². The number of piperidine rings is 1. The zero-order valence-electron chi connectivity index (χ0n) is 15.6. The summed E-state index contributed by atoms with van der Waals surface area (Å²) in [5.74, 6) is -0.0296. The molecule has 0 bridgehead atoms. The van der Waals surface area contributed by atoms with Crippen LogP contribution in [0.3, 0.4) is 0 Å². The molecule has 0 unspecified atom stereocenters. The third-order valence-corrected chi connectivity index (χ3v) is 4.84. The van der Waals surface area contributed by atoms with Crippen molar-refractivity contribution in [1.29, 1.82) is 0 Å². The highest BCUT2D eigenvalue weighted by atomic mass is 19.4. The first-order valence-corrected chi connectivity index (χ1v) is 8.91. The lowest BCUT2D eigenvalue weighted by Gasteiger charge is -2.32. The topological polar surface area (TPSA) is 67.2 Å². The molecule has 150 valence electrons. The Kier molecular flexibility index (Phi) is 5.44. The molecule has 1 N–H and O–H groups in total. The second-order valence-corrected chi connectivity index (χ2v) is 7.00. The first-order valence-electron chi connectivity index (χ1n) is 8.91. The van der Waals surface area contributed by atoms with Crippen molar-refractivity contribution in [3.05, 3.63) is 52.1 Å². The number of nitrogens with zero attached hydrogens (tertiary/aromatic N) is 3. The Labute approximate surface area is 160 Å². The maximum absolute atomic E-state index is 12.6. The molecule has 3 rings (SSSR count). The van der Waals surface area contributed by atoms with Crippen LogP contribution in [0.2, 0.25) is 0 Å². The van der Waals surface area contributed by atoms with Crippen LogP contribution in [0, 0.1) is 12.8 Å². The van der Waals surface area contributed by atoms with E-state index >= 15 is 0 Å². The number of aromatic nitrogens is 2. The highest BCUT2D eigenvalue weighted by molar-refractivity contribution is 5.92. The molecule has 1 saturated heterocycles. The van der Waals surface area contributed by atoms with Crippen LogP contribution < -0.4 is 15.8 Å². The summed E-state index contributed by atoms with van der Waals surface area (Å²) in [5.41, 5.74) is 0.0514. The summed E-state index contributed by atoms with van der Waals surface area (Å²) in [4.78, 5) is 30.4. The summed E-state index contributed by atoms with van der Waals surface area (Å²) >= 11 is 0. The van der Waals surface area contributed by atoms with Crippen LogP contribution in [0.1, 0.15) is 24.0 Å². The van der Waals surface area contributed by atoms with Gasteiger partial charge in [-0.1, -0.05) is 0 Å². The predicted molar refractivity (Wildman–Crippen MR) is 99.2 cm³/mol. The number of hydrogen-bond acceptors (Lipinski definition) is 4. The number of carbonyl (C=O) groups excluding carboxylic acids is 1. The molecule has 0 aromatic carbocycles. The molecular weight excluding hydrogens is 373 g/mol. The van der Waals surface area contributed by atoms with Gasteiger partial charge in [0.25, 0.3) is 5.56 Å². The summed E-state index contributed by atoms with van der Waals surface area (Å²) < 4.78 is 39.3. The molecule has 1 amide bonds. The lowest BCUT2D eigenvalue weighted by Crippen LogP contribution is -2.39. The van der Waals surface area contributed by atoms with Crippen LogP contribution >= 0.6 is 0 Å². The van der Waals surface area contributed by atoms with Gasteiger partial charge in [-0.2, -0.15) is 13.2 Å². The summed E-state index contributed by atoms with van der Waals surface area (Å²) in [6.45, 7) is 2.84. The fourth-order valence-electron chi connectivity index (χ4n) is 3.32. The zero-order valence-corrected chi connectivity index (χ0v) is 15.6. The van der Waals surface area contributed by atoms with Gasteiger partial charge in [0.2, 0.25) is 5.91 Å². The number of anilines is 2. The van der Waals surface area contributed by atoms with Crippen molar-refractivity contribution < 1.29 is 18.0 Å². The van der Waals surface area contributed by atoms with Gasteiger partial charge in [0.05, 0.1) is 5.56 Å². The summed E-state index contributed by atoms with van der Waals surface area (Å²) in [6.07, 6.45) is -0.847. The van der Waals surface area contributed by atoms with E-state index in [1.165, 1.54) is 10.6 Å². The number of alkyl halides is 3. The van der Waals surface area contributed by atoms with Crippen LogP contribution in [0.5, 0.6) is 0 Å². The number of hydrogen-bond donors (Lipinski definition) is 1. The highest BCUT2D eigenvalue weighted by Crippen LogP contribution is 2.30. The number of halogens is 3. The van der Waals surface area contributed by atoms with Crippen molar-refractivity contribution in [3.8, 4) is 0 Å². The Hall–Kier alpha value is -2.84. The highest BCUT2D eigenvalue weighted by Gasteiger charge is 2.31. The average molecular weight is 394 g/mol. The monoisotopic (exact) mass is 394 g/mol. The minimum absolute atomic E-state index is 0.220. The molecule has 1 aliphatic heterocycles. The third kappa shape index (κ3) is 4.35. The van der Waals surface area contributed by atoms with E-state index in [2.05, 4.69) is 10.3 Å². The maximum Gasteiger partial charge on any atom is 0.417 e. The van der Waals surface area contributed by atoms with E-state index in [9.17, 15) is 22.8 Å². The SMILES string of the molecule is Cc1cc(NC(=O)C2CCN(c3ccc(C(F)(F)F)cn3)CC2)c(=O)n(C)c1. The van der Waals surface area contributed by atoms with Crippen molar-refractivity contribution in [2.45, 2.75) is 25.9 Å². The third-order valence-electron chi connectivity index (χ3n) is 4.84. The lowest BCUT2D eigenvalue weighted by atomic mass is 9.95. The van der Waals surface area contributed by atoms with E-state index in [0.29, 0.717) is 31.7 Å². The maximum atomic E-state index is 12.6. The standard InChI is InChI=1S/C19H21F3N4O2/c1-12-9-15(18(28)25(2)11-12)24-17(27)13-5-7-26(8-6-13)16-4-3-14(10-23-16)19(20,21)22/h3-4,9-11,13H,5-8H2,1-2H3,(H,24,27). The lowest BCUT2D eigenvalue weighted by molar-refractivity contribution is -0.137. The van der Waals surface area contributed by atoms with E-state index in [0.717, 1.165) is 17.8 Å². The molecule has 0 saturated carbocycles. The Morgan fingerprint density at radius 2 is 1.93 bits per heavy atom. The quantitative estimate of drug-likeness (QED) is 0.869. The van der Waals surface area contributed by atoms with E-state index in [-0.39, 0.29) is 23.1 Å². The Morgan fingerprint density at radius 1 is 1.25 bits per heavy atom. The number of pyridine rings is 2. The summed E-state index contributed by atoms with van der Waals surface area (Å²) in [7, 11) is 1.63. The Bertz CT molecular complexity index is 914. The molecule has 28 heavy (non-hydrogen) atoms. The molecule has 9 heteroatoms. The second-order valence-electron chi connectivity index (χ2n) is 7.00. The van der Waals surface area contributed by atoms with Crippen LogP contribution in [-0.2, 0) is 18.0 Å². The van der Waals surface area contributed by atoms with E-state index in [4.69, 9.17) is 0 Å². The first kappa shape index (κ1) is 19.9. The normalized spacial score (nSPS) is 15.5. The number of carbonyl (C=O) groups is 1. The number of aryl methyl sites for hydroxylation is 2. The van der Waals surface area contributed by atoms with E-state index in [1.807, 2.05) is 11.8 Å². The number of amides is 1. The molecule has 1 fully saturated rings. The molecule has 2 aromatic heterocycles. The number of nitrogens with one attached hydrogen (secondary N) is 1. The first-order chi connectivity index (χ1) is 13.1. The Morgan fingerprint density at radius 3 is 2.50 bits per heavy atom. The van der Waals surface area contributed by atoms with Gasteiger partial charge in [0, 0.05) is 38.4 Å². The molecule has 0 spiro atoms. The van der Waals surface area contributed by atoms with Gasteiger partial charge in [-0.25, -0.2) is 4.98 Å². The predicted octanol–water partition coefficient (Wildman–Crippen LogP) is 2.96. The second kappa shape index (κ2) is 7.65. The zero-order chi connectivity index (χ0) is 20.5. The van der Waals surface area contributed by atoms with Crippen LogP contribution in [0.25, 0.3) is 0 Å². The minimum atomic E-state index is -4.41. The number of rotatable bonds is 3. The molecule has 6 nitrogen and oxygen atoms in total. The fraction of sp³-hybridized carbons (Fsp3) is 0.421. The minimum Gasteiger partial charge on any atom is -0.357 e. The van der Waals surface area contributed by atoms with Crippen molar-refractivity contribution in [1.82, 2.24) is 9.55 Å². The molecule has 0 atom stereocenters. The van der Waals surface area contributed by atoms with Gasteiger partial charge in [0.15, 0.2) is 0 Å². The smallest absolute Gasteiger partial charge is 0.357 e. The molecule has 0 radical (unpaired) electrons. The van der Waals surface area contributed by atoms with Crippen LogP contribution in [0.15, 0.2) is 35.4 Å². The van der Waals surface area contributed by atoms with Gasteiger partial charge in [-0.15, -0.1) is 0 Å². The average Bonchev–Trinajstić information content (AvgIpc) is 2.65. The van der Waals surface area contributed by atoms with Crippen LogP contribution in [-0.4, -0.2) is 28.5 Å². The van der Waals surface area contributed by atoms with Crippen LogP contribution in [0.4, 0.5) is 24.7 Å².